The number of para-hydroxylation sites is 1. The van der Waals surface area contributed by atoms with Crippen LogP contribution in [0, 0.1) is 0 Å². The number of amides is 1. The molecule has 2 aromatic rings. The molecular formula is C23H30N4OS. The van der Waals surface area contributed by atoms with Crippen molar-refractivity contribution in [3.05, 3.63) is 42.6 Å². The molecule has 1 saturated heterocycles. The average Bonchev–Trinajstić information content (AvgIpc) is 2.75. The zero-order valence-corrected chi connectivity index (χ0v) is 18.0. The highest BCUT2D eigenvalue weighted by Crippen LogP contribution is 2.46. The zero-order chi connectivity index (χ0) is 20.1. The molecule has 154 valence electrons. The lowest BCUT2D eigenvalue weighted by molar-refractivity contribution is -0.130. The maximum absolute atomic E-state index is 11.4. The number of unbranched alkanes of at least 4 members (excludes halogenated alkanes) is 3. The lowest BCUT2D eigenvalue weighted by Gasteiger charge is -2.34. The highest BCUT2D eigenvalue weighted by atomic mass is 32.2. The van der Waals surface area contributed by atoms with Crippen molar-refractivity contribution in [1.29, 1.82) is 0 Å². The third-order valence-electron chi connectivity index (χ3n) is 5.81. The molecule has 0 saturated carbocycles. The van der Waals surface area contributed by atoms with Gasteiger partial charge in [0.1, 0.15) is 5.82 Å². The van der Waals surface area contributed by atoms with Gasteiger partial charge in [0.25, 0.3) is 0 Å². The second-order valence-electron chi connectivity index (χ2n) is 7.81. The number of carbonyl (C=O) groups is 1. The maximum atomic E-state index is 11.4. The maximum Gasteiger partial charge on any atom is 0.219 e. The van der Waals surface area contributed by atoms with Crippen LogP contribution in [-0.2, 0) is 4.79 Å². The SMILES string of the molecule is CC(=O)N1CCN(CCCCCCN2c3ccccc3Sc3cccnc32)CC1. The van der Waals surface area contributed by atoms with Gasteiger partial charge in [0.2, 0.25) is 5.91 Å². The number of hydrogen-bond donors (Lipinski definition) is 0. The minimum atomic E-state index is 0.207. The molecule has 0 unspecified atom stereocenters. The van der Waals surface area contributed by atoms with Crippen LogP contribution in [0.5, 0.6) is 0 Å². The highest BCUT2D eigenvalue weighted by Gasteiger charge is 2.23. The standard InChI is InChI=1S/C23H30N4OS/c1-19(28)26-17-15-25(16-18-26)13-6-2-3-7-14-27-20-9-4-5-10-21(20)29-22-11-8-12-24-23(22)27/h4-5,8-12H,2-3,6-7,13-18H2,1H3. The fourth-order valence-electron chi connectivity index (χ4n) is 4.14. The van der Waals surface area contributed by atoms with E-state index < -0.39 is 0 Å². The van der Waals surface area contributed by atoms with Gasteiger partial charge >= 0.3 is 0 Å². The van der Waals surface area contributed by atoms with E-state index in [9.17, 15) is 4.79 Å². The Morgan fingerprint density at radius 2 is 1.66 bits per heavy atom. The molecule has 0 aliphatic carbocycles. The van der Waals surface area contributed by atoms with Gasteiger partial charge in [0.05, 0.1) is 10.6 Å². The Morgan fingerprint density at radius 1 is 0.931 bits per heavy atom. The van der Waals surface area contributed by atoms with Gasteiger partial charge in [-0.05, 0) is 43.7 Å². The lowest BCUT2D eigenvalue weighted by atomic mass is 10.1. The Morgan fingerprint density at radius 3 is 2.45 bits per heavy atom. The van der Waals surface area contributed by atoms with Crippen LogP contribution >= 0.6 is 11.8 Å². The minimum Gasteiger partial charge on any atom is -0.340 e. The first-order valence-corrected chi connectivity index (χ1v) is 11.5. The fraction of sp³-hybridized carbons (Fsp3) is 0.478. The van der Waals surface area contributed by atoms with Crippen molar-refractivity contribution >= 4 is 29.2 Å². The summed E-state index contributed by atoms with van der Waals surface area (Å²) in [6.45, 7) is 7.64. The number of anilines is 2. The van der Waals surface area contributed by atoms with Crippen LogP contribution in [-0.4, -0.2) is 60.0 Å². The number of carbonyl (C=O) groups excluding carboxylic acids is 1. The molecule has 1 aromatic heterocycles. The molecule has 0 spiro atoms. The van der Waals surface area contributed by atoms with Gasteiger partial charge in [0, 0.05) is 50.7 Å². The quantitative estimate of drug-likeness (QED) is 0.633. The normalized spacial score (nSPS) is 16.4. The molecule has 1 aromatic carbocycles. The Bertz CT molecular complexity index is 790. The molecule has 0 atom stereocenters. The van der Waals surface area contributed by atoms with Gasteiger partial charge in [0.15, 0.2) is 0 Å². The number of fused-ring (bicyclic) bond motifs is 2. The van der Waals surface area contributed by atoms with Crippen molar-refractivity contribution < 1.29 is 4.79 Å². The summed E-state index contributed by atoms with van der Waals surface area (Å²) in [5, 5.41) is 0. The minimum absolute atomic E-state index is 0.207. The smallest absolute Gasteiger partial charge is 0.219 e. The summed E-state index contributed by atoms with van der Waals surface area (Å²) in [7, 11) is 0. The number of pyridine rings is 1. The van der Waals surface area contributed by atoms with Crippen LogP contribution in [0.1, 0.15) is 32.6 Å². The van der Waals surface area contributed by atoms with Crippen LogP contribution in [0.4, 0.5) is 11.5 Å². The molecule has 2 aliphatic heterocycles. The van der Waals surface area contributed by atoms with E-state index in [1.807, 2.05) is 28.9 Å². The third-order valence-corrected chi connectivity index (χ3v) is 6.91. The molecule has 5 nitrogen and oxygen atoms in total. The highest BCUT2D eigenvalue weighted by molar-refractivity contribution is 7.99. The molecule has 3 heterocycles. The van der Waals surface area contributed by atoms with Gasteiger partial charge in [-0.3, -0.25) is 9.69 Å². The van der Waals surface area contributed by atoms with E-state index in [-0.39, 0.29) is 5.91 Å². The van der Waals surface area contributed by atoms with Crippen molar-refractivity contribution in [2.75, 3.05) is 44.2 Å². The zero-order valence-electron chi connectivity index (χ0n) is 17.2. The topological polar surface area (TPSA) is 39.7 Å². The predicted octanol–water partition coefficient (Wildman–Crippen LogP) is 4.41. The van der Waals surface area contributed by atoms with E-state index in [0.717, 1.165) is 45.1 Å². The summed E-state index contributed by atoms with van der Waals surface area (Å²) < 4.78 is 0. The Hall–Kier alpha value is -2.05. The number of piperazine rings is 1. The summed E-state index contributed by atoms with van der Waals surface area (Å²) in [6.07, 6.45) is 6.80. The van der Waals surface area contributed by atoms with Crippen LogP contribution in [0.25, 0.3) is 0 Å². The summed E-state index contributed by atoms with van der Waals surface area (Å²) in [5.41, 5.74) is 1.28. The number of hydrogen-bond acceptors (Lipinski definition) is 5. The average molecular weight is 411 g/mol. The summed E-state index contributed by atoms with van der Waals surface area (Å²) in [5.74, 6) is 1.30. The van der Waals surface area contributed by atoms with Crippen molar-refractivity contribution in [1.82, 2.24) is 14.8 Å². The van der Waals surface area contributed by atoms with Gasteiger partial charge in [-0.2, -0.15) is 0 Å². The Labute approximate surface area is 178 Å². The monoisotopic (exact) mass is 410 g/mol. The van der Waals surface area contributed by atoms with E-state index in [1.165, 1.54) is 41.2 Å². The molecule has 6 heteroatoms. The number of aromatic nitrogens is 1. The predicted molar refractivity (Wildman–Crippen MR) is 119 cm³/mol. The molecule has 0 radical (unpaired) electrons. The molecule has 2 aliphatic rings. The number of nitrogens with zero attached hydrogens (tertiary/aromatic N) is 4. The van der Waals surface area contributed by atoms with Gasteiger partial charge < -0.3 is 9.80 Å². The summed E-state index contributed by atoms with van der Waals surface area (Å²) in [6, 6.07) is 12.8. The summed E-state index contributed by atoms with van der Waals surface area (Å²) in [4.78, 5) is 25.5. The first-order valence-electron chi connectivity index (χ1n) is 10.7. The van der Waals surface area contributed by atoms with E-state index in [1.54, 1.807) is 6.92 Å². The summed E-state index contributed by atoms with van der Waals surface area (Å²) >= 11 is 1.82. The number of rotatable bonds is 7. The van der Waals surface area contributed by atoms with Crippen molar-refractivity contribution in [2.24, 2.45) is 0 Å². The van der Waals surface area contributed by atoms with Crippen LogP contribution in [0.2, 0.25) is 0 Å². The van der Waals surface area contributed by atoms with Crippen LogP contribution in [0.15, 0.2) is 52.4 Å². The molecule has 29 heavy (non-hydrogen) atoms. The van der Waals surface area contributed by atoms with Gasteiger partial charge in [-0.1, -0.05) is 36.7 Å². The molecular weight excluding hydrogens is 380 g/mol. The van der Waals surface area contributed by atoms with Crippen LogP contribution < -0.4 is 4.90 Å². The van der Waals surface area contributed by atoms with Crippen molar-refractivity contribution in [2.45, 2.75) is 42.4 Å². The van der Waals surface area contributed by atoms with E-state index in [2.05, 4.69) is 45.1 Å². The van der Waals surface area contributed by atoms with E-state index in [4.69, 9.17) is 0 Å². The van der Waals surface area contributed by atoms with Gasteiger partial charge in [-0.15, -0.1) is 0 Å². The van der Waals surface area contributed by atoms with Gasteiger partial charge in [-0.25, -0.2) is 4.98 Å². The fourth-order valence-corrected chi connectivity index (χ4v) is 5.20. The molecule has 1 fully saturated rings. The molecule has 1 amide bonds. The number of benzene rings is 1. The van der Waals surface area contributed by atoms with E-state index in [0.29, 0.717) is 0 Å². The first kappa shape index (κ1) is 20.2. The Balaban J connectivity index is 1.22. The Kier molecular flexibility index (Phi) is 6.72. The van der Waals surface area contributed by atoms with Crippen molar-refractivity contribution in [3.8, 4) is 0 Å². The largest absolute Gasteiger partial charge is 0.340 e. The van der Waals surface area contributed by atoms with E-state index >= 15 is 0 Å². The molecule has 0 N–H and O–H groups in total. The lowest BCUT2D eigenvalue weighted by Crippen LogP contribution is -2.48. The third kappa shape index (κ3) is 4.93. The second kappa shape index (κ2) is 9.63. The molecule has 0 bridgehead atoms. The van der Waals surface area contributed by atoms with Crippen molar-refractivity contribution in [3.63, 3.8) is 0 Å². The second-order valence-corrected chi connectivity index (χ2v) is 8.89. The van der Waals surface area contributed by atoms with Crippen LogP contribution in [0.3, 0.4) is 0 Å². The first-order chi connectivity index (χ1) is 14.2. The molecule has 4 rings (SSSR count).